The Labute approximate surface area is 190 Å². The molecule has 1 aromatic carbocycles. The molecule has 1 aliphatic rings. The Hall–Kier alpha value is -2.42. The first-order valence-electron chi connectivity index (χ1n) is 10.4. The second kappa shape index (κ2) is 10.3. The first kappa shape index (κ1) is 21.8. The van der Waals surface area contributed by atoms with Gasteiger partial charge >= 0.3 is 0 Å². The topological polar surface area (TPSA) is 67.2 Å². The van der Waals surface area contributed by atoms with E-state index >= 15 is 0 Å². The molecular formula is C23H26N4O2S2. The highest BCUT2D eigenvalue weighted by atomic mass is 32.2. The second-order valence-corrected chi connectivity index (χ2v) is 9.47. The SMILES string of the molecule is C=CCn1c(SCC(=O)NC2CCN(Cc3ccccc3)CC2)nc2sccc2c1=O. The Bertz CT molecular complexity index is 1100. The molecule has 1 saturated heterocycles. The van der Waals surface area contributed by atoms with Crippen LogP contribution in [0, 0.1) is 0 Å². The van der Waals surface area contributed by atoms with Crippen LogP contribution in [0.5, 0.6) is 0 Å². The monoisotopic (exact) mass is 454 g/mol. The van der Waals surface area contributed by atoms with Crippen LogP contribution in [-0.2, 0) is 17.9 Å². The summed E-state index contributed by atoms with van der Waals surface area (Å²) in [5.74, 6) is 0.224. The fourth-order valence-corrected chi connectivity index (χ4v) is 5.43. The van der Waals surface area contributed by atoms with Crippen molar-refractivity contribution in [3.63, 3.8) is 0 Å². The Balaban J connectivity index is 1.29. The largest absolute Gasteiger partial charge is 0.353 e. The predicted molar refractivity (Wildman–Crippen MR) is 128 cm³/mol. The van der Waals surface area contributed by atoms with Crippen LogP contribution < -0.4 is 10.9 Å². The highest BCUT2D eigenvalue weighted by Gasteiger charge is 2.21. The van der Waals surface area contributed by atoms with E-state index in [0.717, 1.165) is 32.5 Å². The summed E-state index contributed by atoms with van der Waals surface area (Å²) in [5.41, 5.74) is 1.24. The van der Waals surface area contributed by atoms with Crippen LogP contribution in [0.3, 0.4) is 0 Å². The van der Waals surface area contributed by atoms with Gasteiger partial charge in [-0.1, -0.05) is 48.2 Å². The van der Waals surface area contributed by atoms with Gasteiger partial charge in [-0.25, -0.2) is 4.98 Å². The number of hydrogen-bond donors (Lipinski definition) is 1. The summed E-state index contributed by atoms with van der Waals surface area (Å²) in [4.78, 5) is 33.0. The normalized spacial score (nSPS) is 15.2. The average molecular weight is 455 g/mol. The Morgan fingerprint density at radius 2 is 2.03 bits per heavy atom. The smallest absolute Gasteiger partial charge is 0.263 e. The molecule has 0 radical (unpaired) electrons. The van der Waals surface area contributed by atoms with Gasteiger partial charge in [0, 0.05) is 32.2 Å². The summed E-state index contributed by atoms with van der Waals surface area (Å²) >= 11 is 2.74. The quantitative estimate of drug-likeness (QED) is 0.320. The molecule has 0 unspecified atom stereocenters. The van der Waals surface area contributed by atoms with E-state index < -0.39 is 0 Å². The van der Waals surface area contributed by atoms with Gasteiger partial charge in [-0.2, -0.15) is 0 Å². The molecule has 0 bridgehead atoms. The molecule has 8 heteroatoms. The molecule has 0 saturated carbocycles. The number of rotatable bonds is 8. The van der Waals surface area contributed by atoms with Gasteiger partial charge < -0.3 is 5.32 Å². The molecule has 1 amide bonds. The van der Waals surface area contributed by atoms with Crippen molar-refractivity contribution in [1.82, 2.24) is 19.8 Å². The minimum absolute atomic E-state index is 0.0165. The van der Waals surface area contributed by atoms with Crippen LogP contribution in [0.25, 0.3) is 10.2 Å². The summed E-state index contributed by atoms with van der Waals surface area (Å²) in [6.07, 6.45) is 3.57. The average Bonchev–Trinajstić information content (AvgIpc) is 3.26. The van der Waals surface area contributed by atoms with Crippen molar-refractivity contribution in [1.29, 1.82) is 0 Å². The van der Waals surface area contributed by atoms with Gasteiger partial charge in [0.2, 0.25) is 5.91 Å². The number of carbonyl (C=O) groups is 1. The number of benzene rings is 1. The first-order chi connectivity index (χ1) is 15.1. The van der Waals surface area contributed by atoms with Gasteiger partial charge in [0.25, 0.3) is 5.56 Å². The van der Waals surface area contributed by atoms with Gasteiger partial charge in [0.15, 0.2) is 5.16 Å². The van der Waals surface area contributed by atoms with Gasteiger partial charge in [-0.3, -0.25) is 19.1 Å². The zero-order valence-electron chi connectivity index (χ0n) is 17.3. The fraction of sp³-hybridized carbons (Fsp3) is 0.348. The lowest BCUT2D eigenvalue weighted by molar-refractivity contribution is -0.119. The summed E-state index contributed by atoms with van der Waals surface area (Å²) < 4.78 is 1.59. The van der Waals surface area contributed by atoms with Crippen molar-refractivity contribution in [3.05, 3.63) is 70.4 Å². The number of thioether (sulfide) groups is 1. The van der Waals surface area contributed by atoms with Crippen molar-refractivity contribution in [2.75, 3.05) is 18.8 Å². The van der Waals surface area contributed by atoms with Gasteiger partial charge in [-0.05, 0) is 29.9 Å². The third kappa shape index (κ3) is 5.44. The van der Waals surface area contributed by atoms with E-state index in [1.54, 1.807) is 16.7 Å². The van der Waals surface area contributed by atoms with Crippen molar-refractivity contribution in [3.8, 4) is 0 Å². The number of nitrogens with zero attached hydrogens (tertiary/aromatic N) is 3. The lowest BCUT2D eigenvalue weighted by Crippen LogP contribution is -2.44. The number of carbonyl (C=O) groups excluding carboxylic acids is 1. The van der Waals surface area contributed by atoms with E-state index in [-0.39, 0.29) is 23.3 Å². The minimum atomic E-state index is -0.0835. The summed E-state index contributed by atoms with van der Waals surface area (Å²) in [5, 5.41) is 6.19. The zero-order chi connectivity index (χ0) is 21.6. The summed E-state index contributed by atoms with van der Waals surface area (Å²) in [6, 6.07) is 12.5. The number of nitrogens with one attached hydrogen (secondary N) is 1. The van der Waals surface area contributed by atoms with Crippen molar-refractivity contribution in [2.45, 2.75) is 37.1 Å². The Kier molecular flexibility index (Phi) is 7.21. The maximum absolute atomic E-state index is 12.7. The number of allylic oxidation sites excluding steroid dienone is 1. The first-order valence-corrected chi connectivity index (χ1v) is 12.3. The lowest BCUT2D eigenvalue weighted by atomic mass is 10.0. The standard InChI is InChI=1S/C23H26N4O2S2/c1-2-11-27-22(29)19-10-14-30-21(19)25-23(27)31-16-20(28)24-18-8-12-26(13-9-18)15-17-6-4-3-5-7-17/h2-7,10,14,18H,1,8-9,11-13,15-16H2,(H,24,28). The van der Waals surface area contributed by atoms with Gasteiger partial charge in [-0.15, -0.1) is 17.9 Å². The van der Waals surface area contributed by atoms with Crippen LogP contribution in [0.4, 0.5) is 0 Å². The van der Waals surface area contributed by atoms with Crippen molar-refractivity contribution in [2.24, 2.45) is 0 Å². The van der Waals surface area contributed by atoms with Crippen LogP contribution in [-0.4, -0.2) is 45.2 Å². The second-order valence-electron chi connectivity index (χ2n) is 7.63. The molecule has 0 spiro atoms. The zero-order valence-corrected chi connectivity index (χ0v) is 19.0. The molecule has 0 atom stereocenters. The lowest BCUT2D eigenvalue weighted by Gasteiger charge is -2.32. The maximum Gasteiger partial charge on any atom is 0.263 e. The fourth-order valence-electron chi connectivity index (χ4n) is 3.81. The molecule has 3 heterocycles. The highest BCUT2D eigenvalue weighted by molar-refractivity contribution is 7.99. The number of thiophene rings is 1. The molecule has 31 heavy (non-hydrogen) atoms. The predicted octanol–water partition coefficient (Wildman–Crippen LogP) is 3.52. The third-order valence-electron chi connectivity index (χ3n) is 5.39. The number of piperidine rings is 1. The van der Waals surface area contributed by atoms with Crippen LogP contribution >= 0.6 is 23.1 Å². The molecule has 1 fully saturated rings. The molecule has 3 aromatic rings. The summed E-state index contributed by atoms with van der Waals surface area (Å²) in [7, 11) is 0. The van der Waals surface area contributed by atoms with Crippen molar-refractivity contribution >= 4 is 39.2 Å². The highest BCUT2D eigenvalue weighted by Crippen LogP contribution is 2.21. The molecule has 162 valence electrons. The van der Waals surface area contributed by atoms with Crippen LogP contribution in [0.1, 0.15) is 18.4 Å². The minimum Gasteiger partial charge on any atom is -0.353 e. The van der Waals surface area contributed by atoms with Crippen LogP contribution in [0.15, 0.2) is 64.4 Å². The van der Waals surface area contributed by atoms with E-state index in [9.17, 15) is 9.59 Å². The molecule has 2 aromatic heterocycles. The Morgan fingerprint density at radius 3 is 2.77 bits per heavy atom. The van der Waals surface area contributed by atoms with E-state index in [4.69, 9.17) is 0 Å². The molecule has 0 aliphatic carbocycles. The van der Waals surface area contributed by atoms with Crippen molar-refractivity contribution < 1.29 is 4.79 Å². The molecule has 1 aliphatic heterocycles. The van der Waals surface area contributed by atoms with Gasteiger partial charge in [0.1, 0.15) is 4.83 Å². The maximum atomic E-state index is 12.7. The van der Waals surface area contributed by atoms with E-state index in [1.807, 2.05) is 11.4 Å². The number of fused-ring (bicyclic) bond motifs is 1. The van der Waals surface area contributed by atoms with E-state index in [2.05, 4.69) is 46.0 Å². The molecule has 1 N–H and O–H groups in total. The van der Waals surface area contributed by atoms with Gasteiger partial charge in [0.05, 0.1) is 11.1 Å². The number of hydrogen-bond acceptors (Lipinski definition) is 6. The Morgan fingerprint density at radius 1 is 1.26 bits per heavy atom. The number of amides is 1. The number of likely N-dealkylation sites (tertiary alicyclic amines) is 1. The molecular weight excluding hydrogens is 428 g/mol. The summed E-state index contributed by atoms with van der Waals surface area (Å²) in [6.45, 7) is 7.01. The van der Waals surface area contributed by atoms with Crippen LogP contribution in [0.2, 0.25) is 0 Å². The molecule has 4 rings (SSSR count). The van der Waals surface area contributed by atoms with E-state index in [1.165, 1.54) is 28.7 Å². The third-order valence-corrected chi connectivity index (χ3v) is 7.18. The molecule has 6 nitrogen and oxygen atoms in total. The number of aromatic nitrogens is 2. The van der Waals surface area contributed by atoms with E-state index in [0.29, 0.717) is 21.9 Å².